The Balaban J connectivity index is 2.70. The van der Waals surface area contributed by atoms with Gasteiger partial charge in [-0.2, -0.15) is 0 Å². The van der Waals surface area contributed by atoms with E-state index in [-0.39, 0.29) is 0 Å². The van der Waals surface area contributed by atoms with Crippen molar-refractivity contribution < 1.29 is 4.74 Å². The van der Waals surface area contributed by atoms with Crippen LogP contribution in [-0.2, 0) is 0 Å². The van der Waals surface area contributed by atoms with Crippen LogP contribution in [0.4, 0.5) is 0 Å². The number of rotatable bonds is 0. The first-order chi connectivity index (χ1) is 6.59. The SMILES string of the molecule is C=C1Oc2c(C)ccc(C)c2C=C1C. The van der Waals surface area contributed by atoms with Crippen molar-refractivity contribution in [2.24, 2.45) is 0 Å². The van der Waals surface area contributed by atoms with Crippen LogP contribution in [0.1, 0.15) is 23.6 Å². The number of benzene rings is 1. The van der Waals surface area contributed by atoms with Crippen LogP contribution in [0.5, 0.6) is 5.75 Å². The summed E-state index contributed by atoms with van der Waals surface area (Å²) in [6, 6.07) is 4.20. The summed E-state index contributed by atoms with van der Waals surface area (Å²) in [5.74, 6) is 1.71. The lowest BCUT2D eigenvalue weighted by Crippen LogP contribution is -2.05. The highest BCUT2D eigenvalue weighted by Gasteiger charge is 2.15. The molecule has 1 aromatic carbocycles. The monoisotopic (exact) mass is 186 g/mol. The van der Waals surface area contributed by atoms with Crippen molar-refractivity contribution in [2.75, 3.05) is 0 Å². The first kappa shape index (κ1) is 9.07. The summed E-state index contributed by atoms with van der Waals surface area (Å²) in [4.78, 5) is 0. The molecule has 0 radical (unpaired) electrons. The summed E-state index contributed by atoms with van der Waals surface area (Å²) in [6.07, 6.45) is 2.14. The van der Waals surface area contributed by atoms with E-state index in [1.807, 2.05) is 6.92 Å². The van der Waals surface area contributed by atoms with Gasteiger partial charge in [0.05, 0.1) is 0 Å². The van der Waals surface area contributed by atoms with Gasteiger partial charge in [0.1, 0.15) is 11.5 Å². The highest BCUT2D eigenvalue weighted by Crippen LogP contribution is 2.35. The van der Waals surface area contributed by atoms with E-state index in [4.69, 9.17) is 4.74 Å². The average molecular weight is 186 g/mol. The minimum atomic E-state index is 0.756. The maximum Gasteiger partial charge on any atom is 0.137 e. The zero-order valence-corrected chi connectivity index (χ0v) is 8.85. The van der Waals surface area contributed by atoms with Crippen LogP contribution >= 0.6 is 0 Å². The normalized spacial score (nSPS) is 14.5. The molecule has 14 heavy (non-hydrogen) atoms. The molecule has 0 aromatic heterocycles. The van der Waals surface area contributed by atoms with Crippen LogP contribution in [0.15, 0.2) is 30.0 Å². The van der Waals surface area contributed by atoms with Gasteiger partial charge < -0.3 is 4.74 Å². The van der Waals surface area contributed by atoms with Crippen LogP contribution < -0.4 is 4.74 Å². The third kappa shape index (κ3) is 1.25. The van der Waals surface area contributed by atoms with Gasteiger partial charge >= 0.3 is 0 Å². The predicted octanol–water partition coefficient (Wildman–Crippen LogP) is 3.61. The van der Waals surface area contributed by atoms with Crippen molar-refractivity contribution in [2.45, 2.75) is 20.8 Å². The Morgan fingerprint density at radius 1 is 1.07 bits per heavy atom. The molecule has 0 atom stereocenters. The van der Waals surface area contributed by atoms with Crippen LogP contribution in [0, 0.1) is 13.8 Å². The molecule has 72 valence electrons. The summed E-state index contributed by atoms with van der Waals surface area (Å²) < 4.78 is 5.69. The molecule has 0 aliphatic carbocycles. The van der Waals surface area contributed by atoms with Crippen LogP contribution in [0.3, 0.4) is 0 Å². The molecule has 0 N–H and O–H groups in total. The van der Waals surface area contributed by atoms with Crippen LogP contribution in [0.2, 0.25) is 0 Å². The lowest BCUT2D eigenvalue weighted by atomic mass is 9.99. The van der Waals surface area contributed by atoms with Gasteiger partial charge in [-0.05, 0) is 43.5 Å². The summed E-state index contributed by atoms with van der Waals surface area (Å²) in [6.45, 7) is 10.0. The maximum atomic E-state index is 5.69. The molecule has 0 saturated carbocycles. The Kier molecular flexibility index (Phi) is 1.95. The first-order valence-electron chi connectivity index (χ1n) is 4.75. The topological polar surface area (TPSA) is 9.23 Å². The van der Waals surface area contributed by atoms with Gasteiger partial charge in [0.15, 0.2) is 0 Å². The minimum absolute atomic E-state index is 0.756. The van der Waals surface area contributed by atoms with Crippen molar-refractivity contribution in [3.05, 3.63) is 46.7 Å². The molecule has 0 saturated heterocycles. The Morgan fingerprint density at radius 3 is 2.43 bits per heavy atom. The molecule has 2 rings (SSSR count). The number of hydrogen-bond donors (Lipinski definition) is 0. The van der Waals surface area contributed by atoms with Crippen molar-refractivity contribution >= 4 is 6.08 Å². The smallest absolute Gasteiger partial charge is 0.137 e. The molecule has 1 heterocycles. The van der Waals surface area contributed by atoms with Gasteiger partial charge in [0, 0.05) is 5.56 Å². The second kappa shape index (κ2) is 3.02. The van der Waals surface area contributed by atoms with E-state index in [1.165, 1.54) is 11.1 Å². The van der Waals surface area contributed by atoms with Crippen molar-refractivity contribution in [3.63, 3.8) is 0 Å². The highest BCUT2D eigenvalue weighted by atomic mass is 16.5. The van der Waals surface area contributed by atoms with Gasteiger partial charge in [0.2, 0.25) is 0 Å². The van der Waals surface area contributed by atoms with Crippen LogP contribution in [0.25, 0.3) is 6.08 Å². The molecule has 1 heteroatoms. The number of hydrogen-bond acceptors (Lipinski definition) is 1. The molecule has 0 bridgehead atoms. The fourth-order valence-corrected chi connectivity index (χ4v) is 1.62. The highest BCUT2D eigenvalue weighted by molar-refractivity contribution is 5.70. The lowest BCUT2D eigenvalue weighted by Gasteiger charge is -2.20. The zero-order chi connectivity index (χ0) is 10.3. The zero-order valence-electron chi connectivity index (χ0n) is 8.85. The molecule has 1 aromatic rings. The summed E-state index contributed by atoms with van der Waals surface area (Å²) in [5, 5.41) is 0. The lowest BCUT2D eigenvalue weighted by molar-refractivity contribution is 0.430. The quantitative estimate of drug-likeness (QED) is 0.601. The van der Waals surface area contributed by atoms with Crippen molar-refractivity contribution in [1.82, 2.24) is 0 Å². The third-order valence-corrected chi connectivity index (χ3v) is 2.64. The van der Waals surface area contributed by atoms with Gasteiger partial charge in [0.25, 0.3) is 0 Å². The molecular formula is C13H14O. The van der Waals surface area contributed by atoms with E-state index in [9.17, 15) is 0 Å². The van der Waals surface area contributed by atoms with E-state index in [2.05, 4.69) is 38.6 Å². The van der Waals surface area contributed by atoms with E-state index < -0.39 is 0 Å². The van der Waals surface area contributed by atoms with Crippen molar-refractivity contribution in [3.8, 4) is 5.75 Å². The molecule has 1 nitrogen and oxygen atoms in total. The van der Waals surface area contributed by atoms with Gasteiger partial charge in [-0.1, -0.05) is 18.7 Å². The van der Waals surface area contributed by atoms with Crippen LogP contribution in [-0.4, -0.2) is 0 Å². The maximum absolute atomic E-state index is 5.69. The molecule has 0 fully saturated rings. The van der Waals surface area contributed by atoms with Crippen molar-refractivity contribution in [1.29, 1.82) is 0 Å². The predicted molar refractivity (Wildman–Crippen MR) is 59.3 cm³/mol. The third-order valence-electron chi connectivity index (χ3n) is 2.64. The van der Waals surface area contributed by atoms with E-state index in [0.29, 0.717) is 0 Å². The fourth-order valence-electron chi connectivity index (χ4n) is 1.62. The molecule has 0 spiro atoms. The van der Waals surface area contributed by atoms with E-state index >= 15 is 0 Å². The summed E-state index contributed by atoms with van der Waals surface area (Å²) >= 11 is 0. The Morgan fingerprint density at radius 2 is 1.71 bits per heavy atom. The van der Waals surface area contributed by atoms with Gasteiger partial charge in [-0.25, -0.2) is 0 Å². The molecule has 1 aliphatic rings. The average Bonchev–Trinajstić information content (AvgIpc) is 2.15. The Labute approximate surface area is 84.7 Å². The fraction of sp³-hybridized carbons (Fsp3) is 0.231. The first-order valence-corrected chi connectivity index (χ1v) is 4.75. The Bertz CT molecular complexity index is 439. The minimum Gasteiger partial charge on any atom is -0.457 e. The number of ether oxygens (including phenoxy) is 1. The Hall–Kier alpha value is -1.50. The molecule has 1 aliphatic heterocycles. The second-order valence-corrected chi connectivity index (χ2v) is 3.79. The molecule has 0 unspecified atom stereocenters. The van der Waals surface area contributed by atoms with Gasteiger partial charge in [-0.15, -0.1) is 0 Å². The standard InChI is InChI=1S/C13H14O/c1-8-5-6-9(2)13-12(8)7-10(3)11(4)14-13/h5-7H,4H2,1-3H3. The van der Waals surface area contributed by atoms with E-state index in [0.717, 1.165) is 22.6 Å². The largest absolute Gasteiger partial charge is 0.457 e. The molecular weight excluding hydrogens is 172 g/mol. The second-order valence-electron chi connectivity index (χ2n) is 3.79. The van der Waals surface area contributed by atoms with Gasteiger partial charge in [-0.3, -0.25) is 0 Å². The summed E-state index contributed by atoms with van der Waals surface area (Å²) in [5.41, 5.74) is 4.70. The molecule has 0 amide bonds. The van der Waals surface area contributed by atoms with E-state index in [1.54, 1.807) is 0 Å². The number of aryl methyl sites for hydroxylation is 2. The summed E-state index contributed by atoms with van der Waals surface area (Å²) in [7, 11) is 0. The number of fused-ring (bicyclic) bond motifs is 1. The number of allylic oxidation sites excluding steroid dienone is 1.